The lowest BCUT2D eigenvalue weighted by molar-refractivity contribution is -0.117. The van der Waals surface area contributed by atoms with Gasteiger partial charge < -0.3 is 15.0 Å². The highest BCUT2D eigenvalue weighted by atomic mass is 16.5. The largest absolute Gasteiger partial charge is 0.465 e. The van der Waals surface area contributed by atoms with Gasteiger partial charge in [0, 0.05) is 25.6 Å². The highest BCUT2D eigenvalue weighted by Crippen LogP contribution is 2.18. The molecule has 2 aromatic carbocycles. The summed E-state index contributed by atoms with van der Waals surface area (Å²) in [6, 6.07) is 14.2. The van der Waals surface area contributed by atoms with Crippen LogP contribution in [0.2, 0.25) is 0 Å². The van der Waals surface area contributed by atoms with Crippen LogP contribution in [0.1, 0.15) is 29.3 Å². The first-order valence-electron chi connectivity index (χ1n) is 8.24. The maximum Gasteiger partial charge on any atom is 0.339 e. The van der Waals surface area contributed by atoms with Crippen LogP contribution < -0.4 is 10.2 Å². The molecule has 0 heterocycles. The molecule has 0 saturated heterocycles. The molecule has 0 unspecified atom stereocenters. The fourth-order valence-electron chi connectivity index (χ4n) is 2.57. The average molecular weight is 354 g/mol. The SMILES string of the molecule is COC(=O)c1ccccc1NC(=O)CCN(C(C)=O)c1cccc(C)c1. The molecule has 0 saturated carbocycles. The summed E-state index contributed by atoms with van der Waals surface area (Å²) in [6.45, 7) is 3.65. The number of anilines is 2. The van der Waals surface area contributed by atoms with E-state index in [-0.39, 0.29) is 30.3 Å². The van der Waals surface area contributed by atoms with Crippen molar-refractivity contribution in [2.45, 2.75) is 20.3 Å². The number of hydrogen-bond donors (Lipinski definition) is 1. The fourth-order valence-corrected chi connectivity index (χ4v) is 2.57. The van der Waals surface area contributed by atoms with E-state index in [0.717, 1.165) is 11.3 Å². The van der Waals surface area contributed by atoms with Crippen LogP contribution in [0, 0.1) is 6.92 Å². The molecule has 1 N–H and O–H groups in total. The van der Waals surface area contributed by atoms with Crippen LogP contribution in [0.3, 0.4) is 0 Å². The number of hydrogen-bond acceptors (Lipinski definition) is 4. The van der Waals surface area contributed by atoms with Gasteiger partial charge in [0.05, 0.1) is 18.4 Å². The molecule has 2 rings (SSSR count). The van der Waals surface area contributed by atoms with E-state index in [9.17, 15) is 14.4 Å². The summed E-state index contributed by atoms with van der Waals surface area (Å²) in [6.07, 6.45) is 0.100. The number of nitrogens with one attached hydrogen (secondary N) is 1. The lowest BCUT2D eigenvalue weighted by Crippen LogP contribution is -2.32. The maximum absolute atomic E-state index is 12.3. The van der Waals surface area contributed by atoms with Crippen LogP contribution in [0.4, 0.5) is 11.4 Å². The second kappa shape index (κ2) is 8.80. The molecule has 136 valence electrons. The van der Waals surface area contributed by atoms with Crippen LogP contribution >= 0.6 is 0 Å². The third-order valence-corrected chi connectivity index (χ3v) is 3.86. The molecule has 6 nitrogen and oxygen atoms in total. The van der Waals surface area contributed by atoms with E-state index in [2.05, 4.69) is 5.32 Å². The third kappa shape index (κ3) is 4.92. The number of benzene rings is 2. The minimum Gasteiger partial charge on any atom is -0.465 e. The molecule has 0 aromatic heterocycles. The standard InChI is InChI=1S/C20H22N2O4/c1-14-7-6-8-16(13-14)22(15(2)23)12-11-19(24)21-18-10-5-4-9-17(18)20(25)26-3/h4-10,13H,11-12H2,1-3H3,(H,21,24). The molecular formula is C20H22N2O4. The summed E-state index contributed by atoms with van der Waals surface area (Å²) in [5.74, 6) is -0.954. The minimum absolute atomic E-state index is 0.100. The molecular weight excluding hydrogens is 332 g/mol. The Kier molecular flexibility index (Phi) is 6.49. The normalized spacial score (nSPS) is 10.1. The van der Waals surface area contributed by atoms with Gasteiger partial charge in [0.15, 0.2) is 0 Å². The van der Waals surface area contributed by atoms with E-state index < -0.39 is 5.97 Å². The quantitative estimate of drug-likeness (QED) is 0.809. The highest BCUT2D eigenvalue weighted by molar-refractivity contribution is 6.01. The zero-order valence-corrected chi connectivity index (χ0v) is 15.1. The number of para-hydroxylation sites is 1. The zero-order valence-electron chi connectivity index (χ0n) is 15.1. The number of nitrogens with zero attached hydrogens (tertiary/aromatic N) is 1. The molecule has 0 radical (unpaired) electrons. The molecule has 0 aliphatic carbocycles. The van der Waals surface area contributed by atoms with Gasteiger partial charge in [-0.05, 0) is 36.8 Å². The maximum atomic E-state index is 12.3. The summed E-state index contributed by atoms with van der Waals surface area (Å²) < 4.78 is 4.71. The van der Waals surface area contributed by atoms with Crippen LogP contribution in [0.15, 0.2) is 48.5 Å². The molecule has 2 amide bonds. The van der Waals surface area contributed by atoms with Gasteiger partial charge in [0.25, 0.3) is 0 Å². The summed E-state index contributed by atoms with van der Waals surface area (Å²) in [7, 11) is 1.29. The van der Waals surface area contributed by atoms with Crippen molar-refractivity contribution in [1.29, 1.82) is 0 Å². The number of aryl methyl sites for hydroxylation is 1. The van der Waals surface area contributed by atoms with Gasteiger partial charge in [-0.1, -0.05) is 24.3 Å². The minimum atomic E-state index is -0.522. The number of rotatable bonds is 6. The van der Waals surface area contributed by atoms with Crippen LogP contribution in [0.5, 0.6) is 0 Å². The Balaban J connectivity index is 2.06. The highest BCUT2D eigenvalue weighted by Gasteiger charge is 2.16. The number of carbonyl (C=O) groups is 3. The van der Waals surface area contributed by atoms with Gasteiger partial charge in [-0.25, -0.2) is 4.79 Å². The number of methoxy groups -OCH3 is 1. The smallest absolute Gasteiger partial charge is 0.339 e. The predicted octanol–water partition coefficient (Wildman–Crippen LogP) is 3.16. The van der Waals surface area contributed by atoms with Crippen molar-refractivity contribution in [3.05, 3.63) is 59.7 Å². The van der Waals surface area contributed by atoms with Crippen molar-refractivity contribution < 1.29 is 19.1 Å². The number of esters is 1. The van der Waals surface area contributed by atoms with Gasteiger partial charge in [-0.15, -0.1) is 0 Å². The summed E-state index contributed by atoms with van der Waals surface area (Å²) in [5.41, 5.74) is 2.45. The van der Waals surface area contributed by atoms with E-state index in [1.807, 2.05) is 31.2 Å². The monoisotopic (exact) mass is 354 g/mol. The molecule has 0 fully saturated rings. The van der Waals surface area contributed by atoms with E-state index >= 15 is 0 Å². The Morgan fingerprint density at radius 1 is 1.08 bits per heavy atom. The molecule has 26 heavy (non-hydrogen) atoms. The van der Waals surface area contributed by atoms with E-state index in [1.165, 1.54) is 14.0 Å². The Labute approximate surface area is 152 Å². The first-order chi connectivity index (χ1) is 12.4. The van der Waals surface area contributed by atoms with Gasteiger partial charge in [0.1, 0.15) is 0 Å². The van der Waals surface area contributed by atoms with Crippen molar-refractivity contribution >= 4 is 29.2 Å². The summed E-state index contributed by atoms with van der Waals surface area (Å²) in [4.78, 5) is 37.6. The second-order valence-electron chi connectivity index (χ2n) is 5.85. The number of carbonyl (C=O) groups excluding carboxylic acids is 3. The molecule has 0 spiro atoms. The van der Waals surface area contributed by atoms with Crippen LogP contribution in [-0.4, -0.2) is 31.4 Å². The lowest BCUT2D eigenvalue weighted by atomic mass is 10.1. The first-order valence-corrected chi connectivity index (χ1v) is 8.24. The van der Waals surface area contributed by atoms with E-state index in [0.29, 0.717) is 5.69 Å². The van der Waals surface area contributed by atoms with Gasteiger partial charge >= 0.3 is 5.97 Å². The predicted molar refractivity (Wildman–Crippen MR) is 100 cm³/mol. The average Bonchev–Trinajstić information content (AvgIpc) is 2.61. The molecule has 2 aromatic rings. The third-order valence-electron chi connectivity index (χ3n) is 3.86. The van der Waals surface area contributed by atoms with E-state index in [1.54, 1.807) is 29.2 Å². The Morgan fingerprint density at radius 2 is 1.81 bits per heavy atom. The van der Waals surface area contributed by atoms with Gasteiger partial charge in [-0.2, -0.15) is 0 Å². The van der Waals surface area contributed by atoms with Crippen molar-refractivity contribution in [3.63, 3.8) is 0 Å². The van der Waals surface area contributed by atoms with Crippen LogP contribution in [0.25, 0.3) is 0 Å². The second-order valence-corrected chi connectivity index (χ2v) is 5.85. The molecule has 0 aliphatic rings. The van der Waals surface area contributed by atoms with Gasteiger partial charge in [0.2, 0.25) is 11.8 Å². The van der Waals surface area contributed by atoms with Crippen molar-refractivity contribution in [3.8, 4) is 0 Å². The number of ether oxygens (including phenoxy) is 1. The van der Waals surface area contributed by atoms with Crippen molar-refractivity contribution in [2.24, 2.45) is 0 Å². The van der Waals surface area contributed by atoms with Crippen molar-refractivity contribution in [2.75, 3.05) is 23.9 Å². The van der Waals surface area contributed by atoms with Crippen molar-refractivity contribution in [1.82, 2.24) is 0 Å². The topological polar surface area (TPSA) is 75.7 Å². The van der Waals surface area contributed by atoms with Crippen LogP contribution in [-0.2, 0) is 14.3 Å². The lowest BCUT2D eigenvalue weighted by Gasteiger charge is -2.21. The Hall–Kier alpha value is -3.15. The molecule has 0 aliphatic heterocycles. The Morgan fingerprint density at radius 3 is 2.46 bits per heavy atom. The van der Waals surface area contributed by atoms with Gasteiger partial charge in [-0.3, -0.25) is 9.59 Å². The molecule has 0 atom stereocenters. The summed E-state index contributed by atoms with van der Waals surface area (Å²) >= 11 is 0. The van der Waals surface area contributed by atoms with E-state index in [4.69, 9.17) is 4.74 Å². The molecule has 6 heteroatoms. The first kappa shape index (κ1) is 19.2. The fraction of sp³-hybridized carbons (Fsp3) is 0.250. The number of amides is 2. The summed E-state index contributed by atoms with van der Waals surface area (Å²) in [5, 5.41) is 2.71. The zero-order chi connectivity index (χ0) is 19.1. The Bertz CT molecular complexity index is 817. The molecule has 0 bridgehead atoms.